The van der Waals surface area contributed by atoms with E-state index in [2.05, 4.69) is 4.98 Å². The second kappa shape index (κ2) is 6.92. The number of nitrogens with zero attached hydrogens (tertiary/aromatic N) is 5. The number of fused-ring (bicyclic) bond motifs is 1. The SMILES string of the molecule is O=C(c1ccco1)N1CCCC(c2nc3ccc(-c4cccnc4)cn3n2)C1. The highest BCUT2D eigenvalue weighted by molar-refractivity contribution is 5.91. The van der Waals surface area contributed by atoms with Crippen LogP contribution in [-0.4, -0.2) is 43.5 Å². The molecule has 1 aliphatic heterocycles. The van der Waals surface area contributed by atoms with E-state index in [0.717, 1.165) is 42.0 Å². The normalized spacial score (nSPS) is 17.1. The van der Waals surface area contributed by atoms with Crippen LogP contribution >= 0.6 is 0 Å². The fourth-order valence-electron chi connectivity index (χ4n) is 3.71. The molecule has 1 unspecified atom stereocenters. The van der Waals surface area contributed by atoms with Gasteiger partial charge in [-0.25, -0.2) is 9.50 Å². The van der Waals surface area contributed by atoms with E-state index >= 15 is 0 Å². The van der Waals surface area contributed by atoms with Crippen LogP contribution < -0.4 is 0 Å². The monoisotopic (exact) mass is 373 g/mol. The summed E-state index contributed by atoms with van der Waals surface area (Å²) in [6.45, 7) is 1.33. The van der Waals surface area contributed by atoms with Gasteiger partial charge in [0.1, 0.15) is 0 Å². The average molecular weight is 373 g/mol. The maximum absolute atomic E-state index is 12.6. The Morgan fingerprint density at radius 2 is 2.11 bits per heavy atom. The van der Waals surface area contributed by atoms with Crippen molar-refractivity contribution >= 4 is 11.6 Å². The number of amides is 1. The molecule has 4 aromatic heterocycles. The largest absolute Gasteiger partial charge is 0.459 e. The lowest BCUT2D eigenvalue weighted by atomic mass is 9.97. The van der Waals surface area contributed by atoms with Gasteiger partial charge in [0.15, 0.2) is 17.2 Å². The summed E-state index contributed by atoms with van der Waals surface area (Å²) in [7, 11) is 0. The van der Waals surface area contributed by atoms with Crippen LogP contribution in [0, 0.1) is 0 Å². The van der Waals surface area contributed by atoms with Gasteiger partial charge in [-0.3, -0.25) is 9.78 Å². The predicted molar refractivity (Wildman–Crippen MR) is 103 cm³/mol. The van der Waals surface area contributed by atoms with E-state index in [-0.39, 0.29) is 11.8 Å². The highest BCUT2D eigenvalue weighted by atomic mass is 16.3. The molecule has 1 aliphatic rings. The molecule has 1 amide bonds. The fraction of sp³-hybridized carbons (Fsp3) is 0.238. The van der Waals surface area contributed by atoms with Crippen LogP contribution in [0.25, 0.3) is 16.8 Å². The summed E-state index contributed by atoms with van der Waals surface area (Å²) >= 11 is 0. The average Bonchev–Trinajstić information content (AvgIpc) is 3.43. The maximum Gasteiger partial charge on any atom is 0.289 e. The third-order valence-electron chi connectivity index (χ3n) is 5.15. The second-order valence-electron chi connectivity index (χ2n) is 7.00. The van der Waals surface area contributed by atoms with Gasteiger partial charge in [0, 0.05) is 48.7 Å². The van der Waals surface area contributed by atoms with Gasteiger partial charge in [-0.05, 0) is 43.2 Å². The first-order chi connectivity index (χ1) is 13.8. The van der Waals surface area contributed by atoms with Gasteiger partial charge in [0.25, 0.3) is 5.91 Å². The Kier molecular flexibility index (Phi) is 4.12. The van der Waals surface area contributed by atoms with Crippen molar-refractivity contribution in [2.75, 3.05) is 13.1 Å². The highest BCUT2D eigenvalue weighted by Crippen LogP contribution is 2.27. The number of piperidine rings is 1. The number of carbonyl (C=O) groups is 1. The molecule has 7 nitrogen and oxygen atoms in total. The smallest absolute Gasteiger partial charge is 0.289 e. The Labute approximate surface area is 161 Å². The van der Waals surface area contributed by atoms with Crippen molar-refractivity contribution in [1.82, 2.24) is 24.5 Å². The molecule has 1 fully saturated rings. The number of rotatable bonds is 3. The lowest BCUT2D eigenvalue weighted by Crippen LogP contribution is -2.39. The van der Waals surface area contributed by atoms with Crippen LogP contribution in [-0.2, 0) is 0 Å². The van der Waals surface area contributed by atoms with Crippen LogP contribution in [0.15, 0.2) is 65.7 Å². The molecule has 4 aromatic rings. The molecule has 0 aliphatic carbocycles. The first-order valence-electron chi connectivity index (χ1n) is 9.37. The van der Waals surface area contributed by atoms with Crippen LogP contribution in [0.4, 0.5) is 0 Å². The van der Waals surface area contributed by atoms with E-state index < -0.39 is 0 Å². The Hall–Kier alpha value is -3.48. The van der Waals surface area contributed by atoms with Gasteiger partial charge in [0.2, 0.25) is 0 Å². The molecule has 28 heavy (non-hydrogen) atoms. The molecule has 0 saturated carbocycles. The van der Waals surface area contributed by atoms with Crippen molar-refractivity contribution in [2.45, 2.75) is 18.8 Å². The number of aromatic nitrogens is 4. The molecule has 0 bridgehead atoms. The standard InChI is InChI=1S/C21H19N5O2/c27-21(18-6-3-11-28-18)25-10-2-5-17(13-25)20-23-19-8-7-16(14-26(19)24-20)15-4-1-9-22-12-15/h1,3-4,6-9,11-12,14,17H,2,5,10,13H2. The summed E-state index contributed by atoms with van der Waals surface area (Å²) in [5.41, 5.74) is 2.88. The summed E-state index contributed by atoms with van der Waals surface area (Å²) in [5, 5.41) is 4.70. The number of carbonyl (C=O) groups excluding carboxylic acids is 1. The first-order valence-corrected chi connectivity index (χ1v) is 9.37. The molecule has 5 heterocycles. The molecule has 0 aromatic carbocycles. The van der Waals surface area contributed by atoms with E-state index in [0.29, 0.717) is 12.3 Å². The summed E-state index contributed by atoms with van der Waals surface area (Å²) in [6, 6.07) is 11.4. The van der Waals surface area contributed by atoms with Crippen molar-refractivity contribution in [1.29, 1.82) is 0 Å². The zero-order chi connectivity index (χ0) is 18.9. The second-order valence-corrected chi connectivity index (χ2v) is 7.00. The minimum absolute atomic E-state index is 0.0719. The third-order valence-corrected chi connectivity index (χ3v) is 5.15. The Morgan fingerprint density at radius 1 is 1.14 bits per heavy atom. The van der Waals surface area contributed by atoms with Gasteiger partial charge in [0.05, 0.1) is 6.26 Å². The van der Waals surface area contributed by atoms with Crippen LogP contribution in [0.1, 0.15) is 35.1 Å². The molecule has 7 heteroatoms. The summed E-state index contributed by atoms with van der Waals surface area (Å²) in [4.78, 5) is 23.3. The fourth-order valence-corrected chi connectivity index (χ4v) is 3.71. The van der Waals surface area contributed by atoms with Crippen molar-refractivity contribution < 1.29 is 9.21 Å². The van der Waals surface area contributed by atoms with E-state index in [1.807, 2.05) is 46.1 Å². The molecular formula is C21H19N5O2. The Morgan fingerprint density at radius 3 is 2.93 bits per heavy atom. The van der Waals surface area contributed by atoms with Crippen molar-refractivity contribution in [3.63, 3.8) is 0 Å². The molecule has 0 radical (unpaired) electrons. The minimum Gasteiger partial charge on any atom is -0.459 e. The van der Waals surface area contributed by atoms with Gasteiger partial charge < -0.3 is 9.32 Å². The highest BCUT2D eigenvalue weighted by Gasteiger charge is 2.29. The summed E-state index contributed by atoms with van der Waals surface area (Å²) in [6.07, 6.45) is 8.98. The quantitative estimate of drug-likeness (QED) is 0.550. The number of likely N-dealkylation sites (tertiary alicyclic amines) is 1. The van der Waals surface area contributed by atoms with Gasteiger partial charge in [-0.2, -0.15) is 5.10 Å². The van der Waals surface area contributed by atoms with Crippen molar-refractivity contribution in [3.8, 4) is 11.1 Å². The Bertz CT molecular complexity index is 1100. The molecule has 0 N–H and O–H groups in total. The molecule has 0 spiro atoms. The van der Waals surface area contributed by atoms with E-state index in [1.165, 1.54) is 6.26 Å². The third kappa shape index (κ3) is 3.05. The van der Waals surface area contributed by atoms with E-state index in [9.17, 15) is 4.79 Å². The lowest BCUT2D eigenvalue weighted by Gasteiger charge is -2.30. The number of furan rings is 1. The van der Waals surface area contributed by atoms with Crippen LogP contribution in [0.2, 0.25) is 0 Å². The molecule has 140 valence electrons. The first kappa shape index (κ1) is 16.7. The minimum atomic E-state index is -0.0719. The molecular weight excluding hydrogens is 354 g/mol. The predicted octanol–water partition coefficient (Wildman–Crippen LogP) is 3.40. The number of hydrogen-bond acceptors (Lipinski definition) is 5. The summed E-state index contributed by atoms with van der Waals surface area (Å²) in [5.74, 6) is 1.21. The van der Waals surface area contributed by atoms with Crippen LogP contribution in [0.5, 0.6) is 0 Å². The topological polar surface area (TPSA) is 76.5 Å². The van der Waals surface area contributed by atoms with E-state index in [1.54, 1.807) is 18.3 Å². The zero-order valence-corrected chi connectivity index (χ0v) is 15.2. The van der Waals surface area contributed by atoms with Crippen molar-refractivity contribution in [2.24, 2.45) is 0 Å². The zero-order valence-electron chi connectivity index (χ0n) is 15.2. The van der Waals surface area contributed by atoms with Gasteiger partial charge in [-0.1, -0.05) is 6.07 Å². The Balaban J connectivity index is 1.40. The van der Waals surface area contributed by atoms with Crippen molar-refractivity contribution in [3.05, 3.63) is 72.8 Å². The molecule has 1 saturated heterocycles. The maximum atomic E-state index is 12.6. The molecule has 1 atom stereocenters. The van der Waals surface area contributed by atoms with E-state index in [4.69, 9.17) is 14.5 Å². The molecule has 5 rings (SSSR count). The van der Waals surface area contributed by atoms with Crippen LogP contribution in [0.3, 0.4) is 0 Å². The number of pyridine rings is 2. The summed E-state index contributed by atoms with van der Waals surface area (Å²) < 4.78 is 7.07. The van der Waals surface area contributed by atoms with Gasteiger partial charge in [-0.15, -0.1) is 0 Å². The van der Waals surface area contributed by atoms with Gasteiger partial charge >= 0.3 is 0 Å². The lowest BCUT2D eigenvalue weighted by molar-refractivity contribution is 0.0672. The number of hydrogen-bond donors (Lipinski definition) is 0.